The van der Waals surface area contributed by atoms with Crippen LogP contribution in [0.2, 0.25) is 0 Å². The van der Waals surface area contributed by atoms with E-state index in [1.165, 1.54) is 12.1 Å². The first-order valence-electron chi connectivity index (χ1n) is 4.94. The molecule has 4 nitrogen and oxygen atoms in total. The Morgan fingerprint density at radius 1 is 1.38 bits per heavy atom. The van der Waals surface area contributed by atoms with Gasteiger partial charge in [-0.25, -0.2) is 0 Å². The molecule has 0 aliphatic heterocycles. The Bertz CT molecular complexity index is 359. The van der Waals surface area contributed by atoms with E-state index >= 15 is 0 Å². The van der Waals surface area contributed by atoms with Crippen molar-refractivity contribution in [3.05, 3.63) is 23.8 Å². The average molecular weight is 244 g/mol. The van der Waals surface area contributed by atoms with Crippen molar-refractivity contribution in [2.75, 3.05) is 6.54 Å². The number of alkyl halides is 1. The van der Waals surface area contributed by atoms with Crippen LogP contribution in [-0.4, -0.2) is 28.0 Å². The number of phenols is 2. The van der Waals surface area contributed by atoms with Crippen LogP contribution in [-0.2, 0) is 0 Å². The van der Waals surface area contributed by atoms with E-state index in [0.717, 1.165) is 6.07 Å². The fourth-order valence-corrected chi connectivity index (χ4v) is 1.32. The lowest BCUT2D eigenvalue weighted by atomic mass is 10.2. The van der Waals surface area contributed by atoms with Crippen LogP contribution in [0.25, 0.3) is 0 Å². The predicted octanol–water partition coefficient (Wildman–Crippen LogP) is 1.85. The minimum atomic E-state index is -0.344. The Morgan fingerprint density at radius 2 is 1.94 bits per heavy atom. The lowest BCUT2D eigenvalue weighted by Crippen LogP contribution is -2.25. The number of aromatic hydroxyl groups is 2. The van der Waals surface area contributed by atoms with Crippen LogP contribution in [0.1, 0.15) is 23.7 Å². The van der Waals surface area contributed by atoms with Gasteiger partial charge in [-0.1, -0.05) is 0 Å². The molecule has 88 valence electrons. The maximum atomic E-state index is 11.6. The van der Waals surface area contributed by atoms with Gasteiger partial charge in [-0.15, -0.1) is 11.6 Å². The van der Waals surface area contributed by atoms with Crippen LogP contribution >= 0.6 is 11.6 Å². The summed E-state index contributed by atoms with van der Waals surface area (Å²) in [5, 5.41) is 21.0. The number of hydrogen-bond acceptors (Lipinski definition) is 3. The van der Waals surface area contributed by atoms with Crippen LogP contribution in [0, 0.1) is 0 Å². The Labute approximate surface area is 98.9 Å². The fraction of sp³-hybridized carbons (Fsp3) is 0.364. The third-order valence-corrected chi connectivity index (χ3v) is 2.21. The Hall–Kier alpha value is -1.42. The second kappa shape index (κ2) is 5.61. The largest absolute Gasteiger partial charge is 0.508 e. The molecule has 0 aliphatic carbocycles. The normalized spacial score (nSPS) is 12.1. The molecule has 16 heavy (non-hydrogen) atoms. The molecular weight excluding hydrogens is 230 g/mol. The van der Waals surface area contributed by atoms with Crippen molar-refractivity contribution < 1.29 is 15.0 Å². The van der Waals surface area contributed by atoms with E-state index in [0.29, 0.717) is 13.0 Å². The maximum Gasteiger partial charge on any atom is 0.251 e. The van der Waals surface area contributed by atoms with E-state index < -0.39 is 0 Å². The Kier molecular flexibility index (Phi) is 4.43. The van der Waals surface area contributed by atoms with Gasteiger partial charge >= 0.3 is 0 Å². The molecular formula is C11H14ClNO3. The first-order chi connectivity index (χ1) is 7.49. The van der Waals surface area contributed by atoms with Crippen molar-refractivity contribution >= 4 is 17.5 Å². The molecule has 0 fully saturated rings. The lowest BCUT2D eigenvalue weighted by molar-refractivity contribution is 0.0952. The summed E-state index contributed by atoms with van der Waals surface area (Å²) >= 11 is 5.73. The molecule has 0 bridgehead atoms. The number of carbonyl (C=O) groups is 1. The first-order valence-corrected chi connectivity index (χ1v) is 5.38. The van der Waals surface area contributed by atoms with E-state index in [2.05, 4.69) is 5.32 Å². The predicted molar refractivity (Wildman–Crippen MR) is 62.0 cm³/mol. The van der Waals surface area contributed by atoms with E-state index in [1.807, 2.05) is 6.92 Å². The molecule has 0 saturated carbocycles. The van der Waals surface area contributed by atoms with Crippen molar-refractivity contribution in [2.24, 2.45) is 0 Å². The van der Waals surface area contributed by atoms with Crippen molar-refractivity contribution in [3.8, 4) is 11.5 Å². The van der Waals surface area contributed by atoms with Crippen LogP contribution in [0.15, 0.2) is 18.2 Å². The standard InChI is InChI=1S/C11H14ClNO3/c1-7(12)2-3-13-11(16)8-4-9(14)6-10(15)5-8/h4-7,14-15H,2-3H2,1H3,(H,13,16). The van der Waals surface area contributed by atoms with Crippen LogP contribution < -0.4 is 5.32 Å². The van der Waals surface area contributed by atoms with E-state index in [4.69, 9.17) is 11.6 Å². The highest BCUT2D eigenvalue weighted by Crippen LogP contribution is 2.20. The zero-order valence-electron chi connectivity index (χ0n) is 8.90. The Balaban J connectivity index is 2.59. The second-order valence-corrected chi connectivity index (χ2v) is 4.31. The third-order valence-electron chi connectivity index (χ3n) is 1.99. The number of benzene rings is 1. The number of nitrogens with one attached hydrogen (secondary N) is 1. The van der Waals surface area contributed by atoms with E-state index in [9.17, 15) is 15.0 Å². The van der Waals surface area contributed by atoms with Gasteiger partial charge in [0.25, 0.3) is 5.91 Å². The molecule has 0 spiro atoms. The molecule has 5 heteroatoms. The second-order valence-electron chi connectivity index (χ2n) is 3.56. The van der Waals surface area contributed by atoms with Crippen molar-refractivity contribution in [3.63, 3.8) is 0 Å². The number of amides is 1. The summed E-state index contributed by atoms with van der Waals surface area (Å²) < 4.78 is 0. The minimum absolute atomic E-state index is 0.00196. The number of carbonyl (C=O) groups excluding carboxylic acids is 1. The van der Waals surface area contributed by atoms with Gasteiger partial charge in [0, 0.05) is 23.6 Å². The first kappa shape index (κ1) is 12.6. The zero-order valence-corrected chi connectivity index (χ0v) is 9.66. The van der Waals surface area contributed by atoms with E-state index in [-0.39, 0.29) is 28.3 Å². The third kappa shape index (κ3) is 3.98. The SMILES string of the molecule is CC(Cl)CCNC(=O)c1cc(O)cc(O)c1. The topological polar surface area (TPSA) is 69.6 Å². The van der Waals surface area contributed by atoms with Crippen molar-refractivity contribution in [2.45, 2.75) is 18.7 Å². The van der Waals surface area contributed by atoms with Crippen molar-refractivity contribution in [1.82, 2.24) is 5.32 Å². The lowest BCUT2D eigenvalue weighted by Gasteiger charge is -2.07. The van der Waals surface area contributed by atoms with Gasteiger partial charge in [0.1, 0.15) is 11.5 Å². The van der Waals surface area contributed by atoms with Crippen LogP contribution in [0.4, 0.5) is 0 Å². The molecule has 0 saturated heterocycles. The van der Waals surface area contributed by atoms with Crippen LogP contribution in [0.3, 0.4) is 0 Å². The molecule has 1 rings (SSSR count). The van der Waals surface area contributed by atoms with Gasteiger partial charge in [-0.05, 0) is 25.5 Å². The summed E-state index contributed by atoms with van der Waals surface area (Å²) in [7, 11) is 0. The number of rotatable bonds is 4. The van der Waals surface area contributed by atoms with Gasteiger partial charge in [-0.2, -0.15) is 0 Å². The smallest absolute Gasteiger partial charge is 0.251 e. The highest BCUT2D eigenvalue weighted by Gasteiger charge is 2.08. The van der Waals surface area contributed by atoms with Gasteiger partial charge in [0.15, 0.2) is 0 Å². The molecule has 1 aromatic carbocycles. The molecule has 1 amide bonds. The number of hydrogen-bond donors (Lipinski definition) is 3. The highest BCUT2D eigenvalue weighted by molar-refractivity contribution is 6.20. The molecule has 0 radical (unpaired) electrons. The summed E-state index contributed by atoms with van der Waals surface area (Å²) in [5.74, 6) is -0.629. The summed E-state index contributed by atoms with van der Waals surface area (Å²) in [6, 6.07) is 3.75. The van der Waals surface area contributed by atoms with Crippen LogP contribution in [0.5, 0.6) is 11.5 Å². The number of phenolic OH excluding ortho intramolecular Hbond substituents is 2. The maximum absolute atomic E-state index is 11.6. The minimum Gasteiger partial charge on any atom is -0.508 e. The highest BCUT2D eigenvalue weighted by atomic mass is 35.5. The summed E-state index contributed by atoms with van der Waals surface area (Å²) in [6.45, 7) is 2.30. The quantitative estimate of drug-likeness (QED) is 0.707. The number of halogens is 1. The fourth-order valence-electron chi connectivity index (χ4n) is 1.21. The monoisotopic (exact) mass is 243 g/mol. The molecule has 1 aromatic rings. The molecule has 0 aromatic heterocycles. The summed E-state index contributed by atoms with van der Waals surface area (Å²) in [5.41, 5.74) is 0.222. The Morgan fingerprint density at radius 3 is 2.44 bits per heavy atom. The molecule has 0 heterocycles. The molecule has 1 unspecified atom stereocenters. The zero-order chi connectivity index (χ0) is 12.1. The van der Waals surface area contributed by atoms with Gasteiger partial charge in [-0.3, -0.25) is 4.79 Å². The summed E-state index contributed by atoms with van der Waals surface area (Å²) in [4.78, 5) is 11.6. The van der Waals surface area contributed by atoms with E-state index in [1.54, 1.807) is 0 Å². The molecule has 0 aliphatic rings. The summed E-state index contributed by atoms with van der Waals surface area (Å²) in [6.07, 6.45) is 0.665. The molecule has 3 N–H and O–H groups in total. The van der Waals surface area contributed by atoms with Gasteiger partial charge in [0.2, 0.25) is 0 Å². The average Bonchev–Trinajstić information content (AvgIpc) is 2.15. The van der Waals surface area contributed by atoms with Gasteiger partial charge < -0.3 is 15.5 Å². The van der Waals surface area contributed by atoms with Gasteiger partial charge in [0.05, 0.1) is 0 Å². The molecule has 1 atom stereocenters. The van der Waals surface area contributed by atoms with Crippen molar-refractivity contribution in [1.29, 1.82) is 0 Å².